The van der Waals surface area contributed by atoms with Gasteiger partial charge in [-0.25, -0.2) is 4.98 Å². The molecule has 9 heteroatoms. The van der Waals surface area contributed by atoms with Crippen LogP contribution in [0.25, 0.3) is 0 Å². The number of anilines is 1. The second-order valence-electron chi connectivity index (χ2n) is 6.68. The molecule has 3 rings (SSSR count). The van der Waals surface area contributed by atoms with E-state index in [1.165, 1.54) is 6.20 Å². The van der Waals surface area contributed by atoms with Crippen LogP contribution >= 0.6 is 36.4 Å². The van der Waals surface area contributed by atoms with Crippen LogP contribution in [0, 0.1) is 17.8 Å². The lowest BCUT2D eigenvalue weighted by molar-refractivity contribution is -0.140. The maximum Gasteiger partial charge on any atom is 0.230 e. The number of pyridine rings is 1. The Morgan fingerprint density at radius 3 is 2.65 bits per heavy atom. The van der Waals surface area contributed by atoms with E-state index in [9.17, 15) is 9.59 Å². The molecule has 2 fully saturated rings. The van der Waals surface area contributed by atoms with E-state index in [4.69, 9.17) is 11.6 Å². The molecule has 0 saturated carbocycles. The van der Waals surface area contributed by atoms with Crippen molar-refractivity contribution in [2.24, 2.45) is 17.8 Å². The van der Waals surface area contributed by atoms with Crippen molar-refractivity contribution in [2.75, 3.05) is 31.5 Å². The molecule has 3 heterocycles. The Kier molecular flexibility index (Phi) is 9.10. The van der Waals surface area contributed by atoms with E-state index >= 15 is 0 Å². The third-order valence-corrected chi connectivity index (χ3v) is 5.22. The van der Waals surface area contributed by atoms with Gasteiger partial charge in [0.2, 0.25) is 11.8 Å². The molecule has 146 valence electrons. The molecule has 0 aliphatic carbocycles. The number of hydrogen-bond acceptors (Lipinski definition) is 4. The minimum Gasteiger partial charge on any atom is -0.342 e. The third-order valence-electron chi connectivity index (χ3n) is 4.99. The Bertz CT molecular complexity index is 611. The lowest BCUT2D eigenvalue weighted by atomic mass is 9.87. The molecule has 26 heavy (non-hydrogen) atoms. The van der Waals surface area contributed by atoms with E-state index in [0.29, 0.717) is 23.3 Å². The number of amides is 2. The molecule has 2 aliphatic rings. The van der Waals surface area contributed by atoms with Crippen LogP contribution < -0.4 is 10.6 Å². The number of carbonyl (C=O) groups is 2. The smallest absolute Gasteiger partial charge is 0.230 e. The largest absolute Gasteiger partial charge is 0.342 e. The number of rotatable bonds is 4. The molecule has 2 saturated heterocycles. The summed E-state index contributed by atoms with van der Waals surface area (Å²) in [6.07, 6.45) is 3.15. The summed E-state index contributed by atoms with van der Waals surface area (Å²) in [6.45, 7) is 5.05. The lowest BCUT2D eigenvalue weighted by Crippen LogP contribution is -2.52. The zero-order valence-electron chi connectivity index (χ0n) is 14.6. The van der Waals surface area contributed by atoms with Crippen molar-refractivity contribution >= 4 is 54.0 Å². The van der Waals surface area contributed by atoms with E-state index in [2.05, 4.69) is 15.6 Å². The summed E-state index contributed by atoms with van der Waals surface area (Å²) < 4.78 is 0. The molecular formula is C17H25Cl3N4O2. The summed E-state index contributed by atoms with van der Waals surface area (Å²) in [5, 5.41) is 6.55. The summed E-state index contributed by atoms with van der Waals surface area (Å²) in [6, 6.07) is 3.37. The van der Waals surface area contributed by atoms with Gasteiger partial charge < -0.3 is 15.5 Å². The maximum absolute atomic E-state index is 12.6. The molecule has 0 radical (unpaired) electrons. The fourth-order valence-electron chi connectivity index (χ4n) is 3.22. The van der Waals surface area contributed by atoms with Gasteiger partial charge in [0.25, 0.3) is 0 Å². The quantitative estimate of drug-likeness (QED) is 0.780. The number of aromatic nitrogens is 1. The predicted octanol–water partition coefficient (Wildman–Crippen LogP) is 2.61. The van der Waals surface area contributed by atoms with Gasteiger partial charge in [0.1, 0.15) is 5.82 Å². The second kappa shape index (κ2) is 10.3. The molecular weight excluding hydrogens is 399 g/mol. The fraction of sp³-hybridized carbons (Fsp3) is 0.588. The zero-order valence-corrected chi connectivity index (χ0v) is 17.0. The van der Waals surface area contributed by atoms with Crippen molar-refractivity contribution in [2.45, 2.75) is 19.8 Å². The highest BCUT2D eigenvalue weighted by Gasteiger charge is 2.35. The van der Waals surface area contributed by atoms with Crippen LogP contribution in [-0.2, 0) is 9.59 Å². The Morgan fingerprint density at radius 1 is 1.35 bits per heavy atom. The van der Waals surface area contributed by atoms with Gasteiger partial charge in [-0.15, -0.1) is 24.8 Å². The molecule has 1 aromatic heterocycles. The number of nitrogens with one attached hydrogen (secondary N) is 2. The standard InChI is InChI=1S/C17H23ClN4O2.2ClH/c1-11(13-7-19-8-13)17(24)22-6-2-3-12(10-22)16(23)21-15-5-4-14(18)9-20-15;;/h4-5,9,11-13,19H,2-3,6-8,10H2,1H3,(H,20,21,23);2*1H. The van der Waals surface area contributed by atoms with Crippen molar-refractivity contribution in [3.63, 3.8) is 0 Å². The van der Waals surface area contributed by atoms with E-state index < -0.39 is 0 Å². The highest BCUT2D eigenvalue weighted by atomic mass is 35.5. The first-order valence-corrected chi connectivity index (χ1v) is 8.84. The van der Waals surface area contributed by atoms with Gasteiger partial charge in [0.05, 0.1) is 10.9 Å². The van der Waals surface area contributed by atoms with Crippen molar-refractivity contribution in [3.8, 4) is 0 Å². The van der Waals surface area contributed by atoms with Crippen LogP contribution in [0.1, 0.15) is 19.8 Å². The molecule has 2 N–H and O–H groups in total. The van der Waals surface area contributed by atoms with Gasteiger partial charge in [-0.3, -0.25) is 9.59 Å². The molecule has 0 spiro atoms. The molecule has 0 aromatic carbocycles. The number of hydrogen-bond donors (Lipinski definition) is 2. The Labute approximate surface area is 171 Å². The van der Waals surface area contributed by atoms with Crippen molar-refractivity contribution in [1.82, 2.24) is 15.2 Å². The fourth-order valence-corrected chi connectivity index (χ4v) is 3.34. The Morgan fingerprint density at radius 2 is 2.08 bits per heavy atom. The third kappa shape index (κ3) is 5.46. The number of nitrogens with zero attached hydrogens (tertiary/aromatic N) is 2. The molecule has 2 unspecified atom stereocenters. The lowest BCUT2D eigenvalue weighted by Gasteiger charge is -2.38. The van der Waals surface area contributed by atoms with Crippen LogP contribution in [0.2, 0.25) is 5.02 Å². The molecule has 2 amide bonds. The number of piperidine rings is 1. The summed E-state index contributed by atoms with van der Waals surface area (Å²) in [5.41, 5.74) is 0. The average molecular weight is 424 g/mol. The van der Waals surface area contributed by atoms with Crippen LogP contribution in [0.3, 0.4) is 0 Å². The average Bonchev–Trinajstić information content (AvgIpc) is 2.54. The topological polar surface area (TPSA) is 74.3 Å². The van der Waals surface area contributed by atoms with Crippen LogP contribution in [0.4, 0.5) is 5.82 Å². The zero-order chi connectivity index (χ0) is 17.1. The van der Waals surface area contributed by atoms with E-state index in [1.807, 2.05) is 11.8 Å². The van der Waals surface area contributed by atoms with Gasteiger partial charge in [0.15, 0.2) is 0 Å². The first kappa shape index (κ1) is 23.0. The number of halogens is 3. The van der Waals surface area contributed by atoms with Crippen molar-refractivity contribution in [1.29, 1.82) is 0 Å². The molecule has 2 aliphatic heterocycles. The summed E-state index contributed by atoms with van der Waals surface area (Å²) >= 11 is 5.80. The summed E-state index contributed by atoms with van der Waals surface area (Å²) in [7, 11) is 0. The number of likely N-dealkylation sites (tertiary alicyclic amines) is 1. The minimum atomic E-state index is -0.188. The first-order valence-electron chi connectivity index (χ1n) is 8.46. The Balaban J connectivity index is 0.00000169. The predicted molar refractivity (Wildman–Crippen MR) is 107 cm³/mol. The van der Waals surface area contributed by atoms with Crippen LogP contribution in [0.5, 0.6) is 0 Å². The van der Waals surface area contributed by atoms with Crippen LogP contribution in [0.15, 0.2) is 18.3 Å². The maximum atomic E-state index is 12.6. The minimum absolute atomic E-state index is 0. The summed E-state index contributed by atoms with van der Waals surface area (Å²) in [5.74, 6) is 0.827. The molecule has 2 atom stereocenters. The molecule has 0 bridgehead atoms. The highest BCUT2D eigenvalue weighted by molar-refractivity contribution is 6.30. The summed E-state index contributed by atoms with van der Waals surface area (Å²) in [4.78, 5) is 31.0. The van der Waals surface area contributed by atoms with E-state index in [-0.39, 0.29) is 48.5 Å². The van der Waals surface area contributed by atoms with E-state index in [1.54, 1.807) is 12.1 Å². The molecule has 6 nitrogen and oxygen atoms in total. The van der Waals surface area contributed by atoms with Gasteiger partial charge in [-0.1, -0.05) is 18.5 Å². The normalized spacial score (nSPS) is 20.8. The van der Waals surface area contributed by atoms with Gasteiger partial charge in [-0.2, -0.15) is 0 Å². The van der Waals surface area contributed by atoms with Crippen molar-refractivity contribution in [3.05, 3.63) is 23.4 Å². The Hall–Kier alpha value is -1.08. The SMILES string of the molecule is CC(C(=O)N1CCCC(C(=O)Nc2ccc(Cl)cn2)C1)C1CNC1.Cl.Cl. The first-order chi connectivity index (χ1) is 11.5. The second-order valence-corrected chi connectivity index (χ2v) is 7.12. The van der Waals surface area contributed by atoms with Crippen molar-refractivity contribution < 1.29 is 9.59 Å². The van der Waals surface area contributed by atoms with E-state index in [0.717, 1.165) is 32.5 Å². The highest BCUT2D eigenvalue weighted by Crippen LogP contribution is 2.24. The number of carbonyl (C=O) groups excluding carboxylic acids is 2. The van der Waals surface area contributed by atoms with Gasteiger partial charge in [-0.05, 0) is 44.0 Å². The van der Waals surface area contributed by atoms with Crippen LogP contribution in [-0.4, -0.2) is 47.9 Å². The molecule has 1 aromatic rings. The van der Waals surface area contributed by atoms with Gasteiger partial charge >= 0.3 is 0 Å². The monoisotopic (exact) mass is 422 g/mol. The van der Waals surface area contributed by atoms with Gasteiger partial charge in [0, 0.05) is 25.2 Å².